The number of aliphatic hydroxyl groups is 1. The molecule has 15 heavy (non-hydrogen) atoms. The summed E-state index contributed by atoms with van der Waals surface area (Å²) in [5.41, 5.74) is 1.31. The molecular formula is C12H19NOS. The number of aliphatic hydroxyl groups excluding tert-OH is 1. The second-order valence-electron chi connectivity index (χ2n) is 3.51. The molecule has 0 fully saturated rings. The van der Waals surface area contributed by atoms with Crippen molar-refractivity contribution in [1.29, 1.82) is 0 Å². The monoisotopic (exact) mass is 225 g/mol. The minimum Gasteiger partial charge on any atom is -0.396 e. The van der Waals surface area contributed by atoms with Crippen LogP contribution in [0.25, 0.3) is 0 Å². The SMILES string of the molecule is CNC(C)c1cccc(SCCCO)c1. The van der Waals surface area contributed by atoms with E-state index in [0.29, 0.717) is 6.04 Å². The van der Waals surface area contributed by atoms with Gasteiger partial charge < -0.3 is 10.4 Å². The average Bonchev–Trinajstić information content (AvgIpc) is 2.29. The summed E-state index contributed by atoms with van der Waals surface area (Å²) in [6.07, 6.45) is 0.858. The zero-order valence-electron chi connectivity index (χ0n) is 9.36. The third kappa shape index (κ3) is 4.24. The summed E-state index contributed by atoms with van der Waals surface area (Å²) in [6.45, 7) is 2.43. The first-order chi connectivity index (χ1) is 7.27. The lowest BCUT2D eigenvalue weighted by molar-refractivity contribution is 0.296. The van der Waals surface area contributed by atoms with Crippen LogP contribution in [0.5, 0.6) is 0 Å². The van der Waals surface area contributed by atoms with Crippen LogP contribution in [-0.2, 0) is 0 Å². The van der Waals surface area contributed by atoms with Crippen molar-refractivity contribution in [1.82, 2.24) is 5.32 Å². The summed E-state index contributed by atoms with van der Waals surface area (Å²) in [6, 6.07) is 8.95. The standard InChI is InChI=1S/C12H19NOS/c1-10(13-2)11-5-3-6-12(9-11)15-8-4-7-14/h3,5-6,9-10,13-14H,4,7-8H2,1-2H3. The first kappa shape index (κ1) is 12.6. The maximum atomic E-state index is 8.70. The molecular weight excluding hydrogens is 206 g/mol. The lowest BCUT2D eigenvalue weighted by atomic mass is 10.1. The molecule has 3 heteroatoms. The quantitative estimate of drug-likeness (QED) is 0.576. The Morgan fingerprint density at radius 3 is 2.93 bits per heavy atom. The second-order valence-corrected chi connectivity index (χ2v) is 4.68. The third-order valence-electron chi connectivity index (χ3n) is 2.36. The van der Waals surface area contributed by atoms with E-state index in [1.54, 1.807) is 11.8 Å². The van der Waals surface area contributed by atoms with E-state index in [1.807, 2.05) is 7.05 Å². The Bertz CT molecular complexity index is 291. The van der Waals surface area contributed by atoms with Crippen LogP contribution in [0.2, 0.25) is 0 Å². The fourth-order valence-corrected chi connectivity index (χ4v) is 2.20. The molecule has 0 spiro atoms. The number of thioether (sulfide) groups is 1. The molecule has 0 saturated heterocycles. The number of rotatable bonds is 6. The third-order valence-corrected chi connectivity index (χ3v) is 3.44. The van der Waals surface area contributed by atoms with Crippen LogP contribution in [0.3, 0.4) is 0 Å². The van der Waals surface area contributed by atoms with Crippen molar-refractivity contribution < 1.29 is 5.11 Å². The van der Waals surface area contributed by atoms with Crippen molar-refractivity contribution in [2.45, 2.75) is 24.3 Å². The van der Waals surface area contributed by atoms with Gasteiger partial charge in [-0.05, 0) is 38.1 Å². The van der Waals surface area contributed by atoms with Crippen molar-refractivity contribution in [2.75, 3.05) is 19.4 Å². The van der Waals surface area contributed by atoms with Crippen LogP contribution in [0.1, 0.15) is 24.9 Å². The molecule has 0 radical (unpaired) electrons. The fraction of sp³-hybridized carbons (Fsp3) is 0.500. The van der Waals surface area contributed by atoms with Crippen molar-refractivity contribution in [3.05, 3.63) is 29.8 Å². The first-order valence-electron chi connectivity index (χ1n) is 5.29. The topological polar surface area (TPSA) is 32.3 Å². The summed E-state index contributed by atoms with van der Waals surface area (Å²) >= 11 is 1.80. The minimum absolute atomic E-state index is 0.277. The van der Waals surface area contributed by atoms with E-state index in [1.165, 1.54) is 10.5 Å². The molecule has 2 N–H and O–H groups in total. The Kier molecular flexibility index (Phi) is 5.76. The summed E-state index contributed by atoms with van der Waals surface area (Å²) in [5.74, 6) is 0.980. The Labute approximate surface area is 96.1 Å². The molecule has 0 bridgehead atoms. The van der Waals surface area contributed by atoms with Gasteiger partial charge in [0.25, 0.3) is 0 Å². The lowest BCUT2D eigenvalue weighted by Gasteiger charge is -2.11. The van der Waals surface area contributed by atoms with Crippen molar-refractivity contribution in [3.63, 3.8) is 0 Å². The normalized spacial score (nSPS) is 12.7. The number of nitrogens with one attached hydrogen (secondary N) is 1. The molecule has 0 aliphatic rings. The zero-order valence-corrected chi connectivity index (χ0v) is 10.2. The van der Waals surface area contributed by atoms with Gasteiger partial charge in [0.2, 0.25) is 0 Å². The number of hydrogen-bond acceptors (Lipinski definition) is 3. The molecule has 0 amide bonds. The number of benzene rings is 1. The second kappa shape index (κ2) is 6.88. The van der Waals surface area contributed by atoms with Gasteiger partial charge in [0, 0.05) is 23.3 Å². The molecule has 0 saturated carbocycles. The molecule has 1 aromatic rings. The largest absolute Gasteiger partial charge is 0.396 e. The molecule has 1 atom stereocenters. The zero-order chi connectivity index (χ0) is 11.1. The molecule has 84 valence electrons. The Balaban J connectivity index is 2.57. The predicted octanol–water partition coefficient (Wildman–Crippen LogP) is 2.44. The highest BCUT2D eigenvalue weighted by atomic mass is 32.2. The summed E-state index contributed by atoms with van der Waals surface area (Å²) in [4.78, 5) is 1.28. The van der Waals surface area contributed by atoms with E-state index in [0.717, 1.165) is 12.2 Å². The Morgan fingerprint density at radius 2 is 2.27 bits per heavy atom. The van der Waals surface area contributed by atoms with E-state index in [4.69, 9.17) is 5.11 Å². The van der Waals surface area contributed by atoms with Gasteiger partial charge in [-0.3, -0.25) is 0 Å². The highest BCUT2D eigenvalue weighted by molar-refractivity contribution is 7.99. The van der Waals surface area contributed by atoms with Crippen LogP contribution in [0, 0.1) is 0 Å². The fourth-order valence-electron chi connectivity index (χ4n) is 1.29. The van der Waals surface area contributed by atoms with Crippen molar-refractivity contribution in [2.24, 2.45) is 0 Å². The Morgan fingerprint density at radius 1 is 1.47 bits per heavy atom. The average molecular weight is 225 g/mol. The van der Waals surface area contributed by atoms with E-state index in [9.17, 15) is 0 Å². The lowest BCUT2D eigenvalue weighted by Crippen LogP contribution is -2.12. The van der Waals surface area contributed by atoms with Gasteiger partial charge in [0.15, 0.2) is 0 Å². The van der Waals surface area contributed by atoms with Gasteiger partial charge in [0.1, 0.15) is 0 Å². The molecule has 0 aliphatic carbocycles. The predicted molar refractivity (Wildman–Crippen MR) is 66.3 cm³/mol. The van der Waals surface area contributed by atoms with Gasteiger partial charge in [0.05, 0.1) is 0 Å². The first-order valence-corrected chi connectivity index (χ1v) is 6.27. The molecule has 0 heterocycles. The molecule has 2 nitrogen and oxygen atoms in total. The van der Waals surface area contributed by atoms with Crippen LogP contribution < -0.4 is 5.32 Å². The smallest absolute Gasteiger partial charge is 0.0439 e. The van der Waals surface area contributed by atoms with Gasteiger partial charge in [-0.15, -0.1) is 11.8 Å². The molecule has 1 unspecified atom stereocenters. The van der Waals surface area contributed by atoms with Gasteiger partial charge in [-0.25, -0.2) is 0 Å². The van der Waals surface area contributed by atoms with Crippen LogP contribution in [0.15, 0.2) is 29.2 Å². The van der Waals surface area contributed by atoms with E-state index >= 15 is 0 Å². The van der Waals surface area contributed by atoms with Crippen LogP contribution in [-0.4, -0.2) is 24.5 Å². The highest BCUT2D eigenvalue weighted by Gasteiger charge is 2.02. The maximum absolute atomic E-state index is 8.70. The van der Waals surface area contributed by atoms with Crippen LogP contribution in [0.4, 0.5) is 0 Å². The highest BCUT2D eigenvalue weighted by Crippen LogP contribution is 2.22. The van der Waals surface area contributed by atoms with Crippen molar-refractivity contribution in [3.8, 4) is 0 Å². The van der Waals surface area contributed by atoms with Crippen LogP contribution >= 0.6 is 11.8 Å². The van der Waals surface area contributed by atoms with Gasteiger partial charge in [-0.1, -0.05) is 12.1 Å². The Hall–Kier alpha value is -0.510. The van der Waals surface area contributed by atoms with Crippen molar-refractivity contribution >= 4 is 11.8 Å². The molecule has 0 aliphatic heterocycles. The molecule has 1 aromatic carbocycles. The molecule has 1 rings (SSSR count). The van der Waals surface area contributed by atoms with E-state index < -0.39 is 0 Å². The maximum Gasteiger partial charge on any atom is 0.0439 e. The van der Waals surface area contributed by atoms with Gasteiger partial charge in [-0.2, -0.15) is 0 Å². The number of hydrogen-bond donors (Lipinski definition) is 2. The summed E-state index contributed by atoms with van der Waals surface area (Å²) in [5, 5.41) is 11.9. The summed E-state index contributed by atoms with van der Waals surface area (Å²) < 4.78 is 0. The minimum atomic E-state index is 0.277. The summed E-state index contributed by atoms with van der Waals surface area (Å²) in [7, 11) is 1.97. The van der Waals surface area contributed by atoms with Gasteiger partial charge >= 0.3 is 0 Å². The van der Waals surface area contributed by atoms with E-state index in [2.05, 4.69) is 36.5 Å². The van der Waals surface area contributed by atoms with E-state index in [-0.39, 0.29) is 6.61 Å². The molecule has 0 aromatic heterocycles.